The molecule has 0 amide bonds. The van der Waals surface area contributed by atoms with Crippen LogP contribution in [0, 0.1) is 5.82 Å². The van der Waals surface area contributed by atoms with Crippen LogP contribution in [0.15, 0.2) is 27.7 Å². The second kappa shape index (κ2) is 4.99. The van der Waals surface area contributed by atoms with E-state index < -0.39 is 0 Å². The summed E-state index contributed by atoms with van der Waals surface area (Å²) in [6.45, 7) is 1.47. The first-order valence-corrected chi connectivity index (χ1v) is 6.38. The van der Waals surface area contributed by atoms with Crippen LogP contribution in [-0.2, 0) is 6.54 Å². The van der Waals surface area contributed by atoms with Gasteiger partial charge in [-0.2, -0.15) is 0 Å². The highest BCUT2D eigenvalue weighted by Crippen LogP contribution is 2.18. The van der Waals surface area contributed by atoms with Crippen LogP contribution < -0.4 is 5.32 Å². The number of nitrogens with one attached hydrogen (secondary N) is 1. The molecule has 5 heteroatoms. The molecule has 0 spiro atoms. The lowest BCUT2D eigenvalue weighted by Gasteiger charge is -2.07. The first kappa shape index (κ1) is 11.0. The fourth-order valence-electron chi connectivity index (χ4n) is 1.29. The topological polar surface area (TPSA) is 24.4 Å². The van der Waals surface area contributed by atoms with E-state index in [0.29, 0.717) is 6.54 Å². The predicted molar refractivity (Wildman–Crippen MR) is 65.7 cm³/mol. The van der Waals surface area contributed by atoms with Crippen LogP contribution in [0.25, 0.3) is 0 Å². The van der Waals surface area contributed by atoms with Gasteiger partial charge in [0, 0.05) is 16.8 Å². The maximum Gasteiger partial charge on any atom is 0.156 e. The molecule has 15 heavy (non-hydrogen) atoms. The summed E-state index contributed by atoms with van der Waals surface area (Å²) in [6, 6.07) is 4.68. The summed E-state index contributed by atoms with van der Waals surface area (Å²) in [4.78, 5) is 4.26. The third kappa shape index (κ3) is 2.95. The maximum atomic E-state index is 13.0. The predicted octanol–water partition coefficient (Wildman–Crippen LogP) is 2.78. The summed E-state index contributed by atoms with van der Waals surface area (Å²) < 4.78 is 13.9. The SMILES string of the molecule is Fc1ccc(Br)c(CNC2=NCCS2)c1. The number of aliphatic imine (C=N–C) groups is 1. The van der Waals surface area contributed by atoms with Crippen molar-refractivity contribution in [3.63, 3.8) is 0 Å². The van der Waals surface area contributed by atoms with Crippen molar-refractivity contribution in [1.82, 2.24) is 5.32 Å². The number of thioether (sulfide) groups is 1. The van der Waals surface area contributed by atoms with Crippen molar-refractivity contribution in [3.8, 4) is 0 Å². The standard InChI is InChI=1S/C10H10BrFN2S/c11-9-2-1-8(12)5-7(9)6-14-10-13-3-4-15-10/h1-2,5H,3-4,6H2,(H,13,14). The van der Waals surface area contributed by atoms with Crippen molar-refractivity contribution in [2.75, 3.05) is 12.3 Å². The lowest BCUT2D eigenvalue weighted by atomic mass is 10.2. The molecule has 1 aliphatic heterocycles. The molecule has 80 valence electrons. The van der Waals surface area contributed by atoms with Gasteiger partial charge in [-0.1, -0.05) is 27.7 Å². The molecular weight excluding hydrogens is 279 g/mol. The first-order valence-electron chi connectivity index (χ1n) is 4.61. The molecule has 1 aromatic carbocycles. The van der Waals surface area contributed by atoms with E-state index in [1.807, 2.05) is 0 Å². The number of halogens is 2. The zero-order valence-corrected chi connectivity index (χ0v) is 10.4. The summed E-state index contributed by atoms with van der Waals surface area (Å²) in [7, 11) is 0. The van der Waals surface area contributed by atoms with Crippen LogP contribution in [0.3, 0.4) is 0 Å². The minimum absolute atomic E-state index is 0.212. The Morgan fingerprint density at radius 2 is 2.40 bits per heavy atom. The van der Waals surface area contributed by atoms with Crippen LogP contribution >= 0.6 is 27.7 Å². The highest BCUT2D eigenvalue weighted by Gasteiger charge is 2.07. The minimum Gasteiger partial charge on any atom is -0.361 e. The molecule has 1 N–H and O–H groups in total. The Morgan fingerprint density at radius 3 is 3.13 bits per heavy atom. The van der Waals surface area contributed by atoms with Crippen molar-refractivity contribution in [1.29, 1.82) is 0 Å². The molecule has 0 fully saturated rings. The normalized spacial score (nSPS) is 15.2. The van der Waals surface area contributed by atoms with Gasteiger partial charge in [0.05, 0.1) is 6.54 Å². The van der Waals surface area contributed by atoms with Gasteiger partial charge in [0.1, 0.15) is 5.82 Å². The van der Waals surface area contributed by atoms with Crippen LogP contribution in [0.2, 0.25) is 0 Å². The molecule has 1 aliphatic rings. The Kier molecular flexibility index (Phi) is 3.64. The van der Waals surface area contributed by atoms with Gasteiger partial charge in [-0.15, -0.1) is 0 Å². The van der Waals surface area contributed by atoms with E-state index in [1.165, 1.54) is 12.1 Å². The smallest absolute Gasteiger partial charge is 0.156 e. The molecule has 0 radical (unpaired) electrons. The quantitative estimate of drug-likeness (QED) is 0.905. The number of amidine groups is 1. The van der Waals surface area contributed by atoms with Gasteiger partial charge in [-0.25, -0.2) is 4.39 Å². The molecule has 0 aliphatic carbocycles. The molecule has 2 nitrogen and oxygen atoms in total. The van der Waals surface area contributed by atoms with Gasteiger partial charge in [-0.3, -0.25) is 4.99 Å². The molecule has 0 unspecified atom stereocenters. The van der Waals surface area contributed by atoms with Gasteiger partial charge in [0.2, 0.25) is 0 Å². The number of benzene rings is 1. The molecular formula is C10H10BrFN2S. The van der Waals surface area contributed by atoms with E-state index in [-0.39, 0.29) is 5.82 Å². The van der Waals surface area contributed by atoms with E-state index in [1.54, 1.807) is 17.8 Å². The van der Waals surface area contributed by atoms with E-state index in [0.717, 1.165) is 27.5 Å². The highest BCUT2D eigenvalue weighted by molar-refractivity contribution is 9.10. The van der Waals surface area contributed by atoms with Crippen LogP contribution in [-0.4, -0.2) is 17.5 Å². The zero-order valence-electron chi connectivity index (χ0n) is 7.96. The number of hydrogen-bond donors (Lipinski definition) is 1. The van der Waals surface area contributed by atoms with E-state index in [9.17, 15) is 4.39 Å². The fourth-order valence-corrected chi connectivity index (χ4v) is 2.41. The maximum absolute atomic E-state index is 13.0. The second-order valence-corrected chi connectivity index (χ2v) is 5.06. The summed E-state index contributed by atoms with van der Waals surface area (Å²) in [5.41, 5.74) is 0.908. The van der Waals surface area contributed by atoms with Gasteiger partial charge >= 0.3 is 0 Å². The van der Waals surface area contributed by atoms with Crippen LogP contribution in [0.5, 0.6) is 0 Å². The molecule has 0 atom stereocenters. The molecule has 1 aromatic rings. The lowest BCUT2D eigenvalue weighted by Crippen LogP contribution is -2.18. The van der Waals surface area contributed by atoms with Crippen molar-refractivity contribution < 1.29 is 4.39 Å². The van der Waals surface area contributed by atoms with Gasteiger partial charge in [-0.05, 0) is 23.8 Å². The first-order chi connectivity index (χ1) is 7.25. The van der Waals surface area contributed by atoms with E-state index in [4.69, 9.17) is 0 Å². The fraction of sp³-hybridized carbons (Fsp3) is 0.300. The average Bonchev–Trinajstić information content (AvgIpc) is 2.72. The summed E-state index contributed by atoms with van der Waals surface area (Å²) in [6.07, 6.45) is 0. The number of hydrogen-bond acceptors (Lipinski definition) is 3. The molecule has 0 bridgehead atoms. The summed E-state index contributed by atoms with van der Waals surface area (Å²) >= 11 is 5.09. The van der Waals surface area contributed by atoms with Crippen molar-refractivity contribution in [3.05, 3.63) is 34.1 Å². The Hall–Kier alpha value is -0.550. The Balaban J connectivity index is 2.00. The Labute approximate surface area is 100 Å². The van der Waals surface area contributed by atoms with Crippen molar-refractivity contribution in [2.45, 2.75) is 6.54 Å². The van der Waals surface area contributed by atoms with Crippen molar-refractivity contribution in [2.24, 2.45) is 4.99 Å². The number of nitrogens with zero attached hydrogens (tertiary/aromatic N) is 1. The van der Waals surface area contributed by atoms with Gasteiger partial charge in [0.15, 0.2) is 5.17 Å². The Bertz CT molecular complexity index is 395. The van der Waals surface area contributed by atoms with E-state index in [2.05, 4.69) is 26.2 Å². The van der Waals surface area contributed by atoms with E-state index >= 15 is 0 Å². The van der Waals surface area contributed by atoms with Gasteiger partial charge < -0.3 is 5.32 Å². The number of rotatable bonds is 2. The minimum atomic E-state index is -0.212. The average molecular weight is 289 g/mol. The third-order valence-corrected chi connectivity index (χ3v) is 3.73. The Morgan fingerprint density at radius 1 is 1.53 bits per heavy atom. The van der Waals surface area contributed by atoms with Crippen LogP contribution in [0.1, 0.15) is 5.56 Å². The second-order valence-electron chi connectivity index (χ2n) is 3.12. The molecule has 0 saturated heterocycles. The summed E-state index contributed by atoms with van der Waals surface area (Å²) in [5.74, 6) is 0.822. The highest BCUT2D eigenvalue weighted by atomic mass is 79.9. The van der Waals surface area contributed by atoms with Crippen molar-refractivity contribution >= 4 is 32.9 Å². The largest absolute Gasteiger partial charge is 0.361 e. The summed E-state index contributed by atoms with van der Waals surface area (Å²) in [5, 5.41) is 4.13. The monoisotopic (exact) mass is 288 g/mol. The molecule has 2 rings (SSSR count). The third-order valence-electron chi connectivity index (χ3n) is 2.02. The van der Waals surface area contributed by atoms with Gasteiger partial charge in [0.25, 0.3) is 0 Å². The lowest BCUT2D eigenvalue weighted by molar-refractivity contribution is 0.624. The zero-order chi connectivity index (χ0) is 10.7. The molecule has 1 heterocycles. The molecule has 0 aromatic heterocycles. The molecule has 0 saturated carbocycles. The van der Waals surface area contributed by atoms with Crippen LogP contribution in [0.4, 0.5) is 4.39 Å².